The van der Waals surface area contributed by atoms with Crippen molar-refractivity contribution in [1.82, 2.24) is 0 Å². The van der Waals surface area contributed by atoms with Crippen molar-refractivity contribution in [2.45, 2.75) is 31.9 Å². The molecule has 0 atom stereocenters. The van der Waals surface area contributed by atoms with Gasteiger partial charge in [-0.25, -0.2) is 4.90 Å². The lowest BCUT2D eigenvalue weighted by Crippen LogP contribution is -2.31. The number of benzene rings is 3. The number of methoxy groups -OCH3 is 1. The summed E-state index contributed by atoms with van der Waals surface area (Å²) >= 11 is 1.40. The van der Waals surface area contributed by atoms with Gasteiger partial charge in [0.2, 0.25) is 0 Å². The van der Waals surface area contributed by atoms with E-state index in [1.54, 1.807) is 19.2 Å². The Kier molecular flexibility index (Phi) is 6.43. The van der Waals surface area contributed by atoms with E-state index < -0.39 is 0 Å². The number of hydrogen-bond acceptors (Lipinski definition) is 4. The van der Waals surface area contributed by atoms with E-state index in [2.05, 4.69) is 20.8 Å². The number of carbonyl (C=O) groups excluding carboxylic acids is 2. The van der Waals surface area contributed by atoms with Crippen molar-refractivity contribution in [1.29, 1.82) is 0 Å². The van der Waals surface area contributed by atoms with Crippen LogP contribution >= 0.6 is 11.8 Å². The van der Waals surface area contributed by atoms with Crippen molar-refractivity contribution in [3.05, 3.63) is 100 Å². The summed E-state index contributed by atoms with van der Waals surface area (Å²) in [7, 11) is 1.60. The van der Waals surface area contributed by atoms with E-state index in [4.69, 9.17) is 4.74 Å². The lowest BCUT2D eigenvalue weighted by Gasteiger charge is -2.21. The molecule has 0 bridgehead atoms. The van der Waals surface area contributed by atoms with E-state index in [0.717, 1.165) is 11.1 Å². The zero-order chi connectivity index (χ0) is 23.6. The molecule has 0 radical (unpaired) electrons. The second kappa shape index (κ2) is 9.28. The number of rotatable bonds is 6. The fourth-order valence-corrected chi connectivity index (χ4v) is 4.80. The quantitative estimate of drug-likeness (QED) is 0.413. The molecule has 3 aromatic rings. The molecule has 0 unspecified atom stereocenters. The SMILES string of the molecule is COc1ccc(C2=C(SCc3ccccc3)C(=O)N(c3ccc(C(C)(C)C)cc3)C2=O)cc1. The van der Waals surface area contributed by atoms with Gasteiger partial charge in [-0.05, 0) is 46.4 Å². The van der Waals surface area contributed by atoms with Crippen LogP contribution in [0.25, 0.3) is 5.57 Å². The van der Waals surface area contributed by atoms with Crippen LogP contribution in [-0.4, -0.2) is 18.9 Å². The summed E-state index contributed by atoms with van der Waals surface area (Å²) in [5.41, 5.74) is 3.95. The number of nitrogens with zero attached hydrogens (tertiary/aromatic N) is 1. The van der Waals surface area contributed by atoms with Crippen LogP contribution in [0.2, 0.25) is 0 Å². The zero-order valence-corrected chi connectivity index (χ0v) is 20.1. The van der Waals surface area contributed by atoms with Crippen LogP contribution in [0.1, 0.15) is 37.5 Å². The summed E-state index contributed by atoms with van der Waals surface area (Å²) in [5, 5.41) is 0. The summed E-state index contributed by atoms with van der Waals surface area (Å²) in [6, 6.07) is 24.9. The number of thioether (sulfide) groups is 1. The second-order valence-corrected chi connectivity index (χ2v) is 9.94. The van der Waals surface area contributed by atoms with Crippen LogP contribution in [-0.2, 0) is 20.8 Å². The standard InChI is InChI=1S/C28H27NO3S/c1-28(2,3)21-12-14-22(15-13-21)29-26(30)24(20-10-16-23(32-4)17-11-20)25(27(29)31)33-18-19-8-6-5-7-9-19/h5-17H,18H2,1-4H3. The maximum atomic E-state index is 13.6. The maximum absolute atomic E-state index is 13.6. The van der Waals surface area contributed by atoms with Crippen LogP contribution in [0.3, 0.4) is 0 Å². The molecular formula is C28H27NO3S. The highest BCUT2D eigenvalue weighted by molar-refractivity contribution is 8.03. The zero-order valence-electron chi connectivity index (χ0n) is 19.3. The number of amides is 2. The predicted molar refractivity (Wildman–Crippen MR) is 135 cm³/mol. The van der Waals surface area contributed by atoms with E-state index in [-0.39, 0.29) is 17.2 Å². The first-order valence-corrected chi connectivity index (χ1v) is 11.8. The van der Waals surface area contributed by atoms with Gasteiger partial charge in [0.15, 0.2) is 0 Å². The predicted octanol–water partition coefficient (Wildman–Crippen LogP) is 6.21. The van der Waals surface area contributed by atoms with Gasteiger partial charge in [0.25, 0.3) is 11.8 Å². The summed E-state index contributed by atoms with van der Waals surface area (Å²) in [5.74, 6) is 0.717. The van der Waals surface area contributed by atoms with E-state index in [0.29, 0.717) is 33.2 Å². The molecule has 3 aromatic carbocycles. The molecular weight excluding hydrogens is 430 g/mol. The Morgan fingerprint density at radius 1 is 0.818 bits per heavy atom. The first-order chi connectivity index (χ1) is 15.8. The molecule has 0 saturated heterocycles. The molecule has 4 nitrogen and oxygen atoms in total. The first kappa shape index (κ1) is 22.9. The molecule has 0 aromatic heterocycles. The Balaban J connectivity index is 1.71. The third-order valence-electron chi connectivity index (χ3n) is 5.64. The van der Waals surface area contributed by atoms with Crippen LogP contribution in [0.15, 0.2) is 83.8 Å². The normalized spacial score (nSPS) is 14.2. The molecule has 0 N–H and O–H groups in total. The first-order valence-electron chi connectivity index (χ1n) is 10.8. The molecule has 33 heavy (non-hydrogen) atoms. The van der Waals surface area contributed by atoms with Crippen LogP contribution < -0.4 is 9.64 Å². The molecule has 0 aliphatic carbocycles. The molecule has 1 aliphatic heterocycles. The molecule has 1 aliphatic rings. The summed E-state index contributed by atoms with van der Waals surface area (Å²) in [4.78, 5) is 28.9. The van der Waals surface area contributed by atoms with Crippen molar-refractivity contribution in [2.75, 3.05) is 12.0 Å². The number of ether oxygens (including phenoxy) is 1. The Hall–Kier alpha value is -3.31. The van der Waals surface area contributed by atoms with Gasteiger partial charge in [0, 0.05) is 5.75 Å². The minimum Gasteiger partial charge on any atom is -0.497 e. The van der Waals surface area contributed by atoms with Crippen molar-refractivity contribution in [2.24, 2.45) is 0 Å². The fourth-order valence-electron chi connectivity index (χ4n) is 3.73. The third kappa shape index (κ3) is 4.74. The van der Waals surface area contributed by atoms with Gasteiger partial charge < -0.3 is 4.74 Å². The molecule has 2 amide bonds. The van der Waals surface area contributed by atoms with Gasteiger partial charge in [-0.2, -0.15) is 0 Å². The van der Waals surface area contributed by atoms with Gasteiger partial charge in [-0.1, -0.05) is 75.4 Å². The van der Waals surface area contributed by atoms with Crippen molar-refractivity contribution >= 4 is 34.8 Å². The van der Waals surface area contributed by atoms with Crippen LogP contribution in [0, 0.1) is 0 Å². The van der Waals surface area contributed by atoms with Gasteiger partial charge in [-0.3, -0.25) is 9.59 Å². The van der Waals surface area contributed by atoms with Gasteiger partial charge in [-0.15, -0.1) is 11.8 Å². The lowest BCUT2D eigenvalue weighted by molar-refractivity contribution is -0.119. The minimum absolute atomic E-state index is 0.0131. The topological polar surface area (TPSA) is 46.6 Å². The fraction of sp³-hybridized carbons (Fsp3) is 0.214. The van der Waals surface area contributed by atoms with E-state index >= 15 is 0 Å². The number of anilines is 1. The lowest BCUT2D eigenvalue weighted by atomic mass is 9.87. The third-order valence-corrected chi connectivity index (χ3v) is 6.78. The molecule has 5 heteroatoms. The monoisotopic (exact) mass is 457 g/mol. The number of imide groups is 1. The smallest absolute Gasteiger partial charge is 0.272 e. The molecule has 0 spiro atoms. The summed E-state index contributed by atoms with van der Waals surface area (Å²) < 4.78 is 5.26. The van der Waals surface area contributed by atoms with Crippen molar-refractivity contribution in [3.63, 3.8) is 0 Å². The molecule has 168 valence electrons. The van der Waals surface area contributed by atoms with Gasteiger partial charge >= 0.3 is 0 Å². The second-order valence-electron chi connectivity index (χ2n) is 8.95. The van der Waals surface area contributed by atoms with E-state index in [1.807, 2.05) is 66.7 Å². The summed E-state index contributed by atoms with van der Waals surface area (Å²) in [6.07, 6.45) is 0. The molecule has 0 fully saturated rings. The molecule has 1 heterocycles. The molecule has 4 rings (SSSR count). The summed E-state index contributed by atoms with van der Waals surface area (Å²) in [6.45, 7) is 6.40. The maximum Gasteiger partial charge on any atom is 0.272 e. The minimum atomic E-state index is -0.302. The van der Waals surface area contributed by atoms with Crippen LogP contribution in [0.5, 0.6) is 5.75 Å². The Bertz CT molecular complexity index is 1190. The Morgan fingerprint density at radius 2 is 1.45 bits per heavy atom. The Morgan fingerprint density at radius 3 is 2.03 bits per heavy atom. The van der Waals surface area contributed by atoms with Crippen LogP contribution in [0.4, 0.5) is 5.69 Å². The largest absolute Gasteiger partial charge is 0.497 e. The highest BCUT2D eigenvalue weighted by atomic mass is 32.2. The number of hydrogen-bond donors (Lipinski definition) is 0. The Labute approximate surface area is 199 Å². The average molecular weight is 458 g/mol. The van der Waals surface area contributed by atoms with Crippen molar-refractivity contribution < 1.29 is 14.3 Å². The highest BCUT2D eigenvalue weighted by Crippen LogP contribution is 2.40. The van der Waals surface area contributed by atoms with Crippen molar-refractivity contribution in [3.8, 4) is 5.75 Å². The molecule has 0 saturated carbocycles. The number of carbonyl (C=O) groups is 2. The average Bonchev–Trinajstić information content (AvgIpc) is 3.07. The van der Waals surface area contributed by atoms with Gasteiger partial charge in [0.05, 0.1) is 23.3 Å². The highest BCUT2D eigenvalue weighted by Gasteiger charge is 2.40. The van der Waals surface area contributed by atoms with Gasteiger partial charge in [0.1, 0.15) is 5.75 Å². The van der Waals surface area contributed by atoms with E-state index in [1.165, 1.54) is 16.7 Å². The van der Waals surface area contributed by atoms with E-state index in [9.17, 15) is 9.59 Å².